The van der Waals surface area contributed by atoms with E-state index < -0.39 is 0 Å². The van der Waals surface area contributed by atoms with Gasteiger partial charge in [-0.15, -0.1) is 11.3 Å². The van der Waals surface area contributed by atoms with Gasteiger partial charge in [-0.05, 0) is 6.92 Å². The third kappa shape index (κ3) is 2.25. The minimum Gasteiger partial charge on any atom is -0.393 e. The summed E-state index contributed by atoms with van der Waals surface area (Å²) in [4.78, 5) is 4.87. The summed E-state index contributed by atoms with van der Waals surface area (Å²) >= 11 is 6.98. The largest absolute Gasteiger partial charge is 0.393 e. The second-order valence-corrected chi connectivity index (χ2v) is 3.83. The van der Waals surface area contributed by atoms with Crippen molar-refractivity contribution < 1.29 is 5.11 Å². The average molecular weight is 178 g/mol. The molecule has 2 nitrogen and oxygen atoms in total. The Morgan fingerprint density at radius 2 is 2.60 bits per heavy atom. The Kier molecular flexibility index (Phi) is 2.65. The van der Waals surface area contributed by atoms with Gasteiger partial charge in [0.25, 0.3) is 0 Å². The van der Waals surface area contributed by atoms with Crippen molar-refractivity contribution in [2.24, 2.45) is 0 Å². The topological polar surface area (TPSA) is 33.1 Å². The van der Waals surface area contributed by atoms with Gasteiger partial charge < -0.3 is 5.11 Å². The zero-order valence-electron chi connectivity index (χ0n) is 5.54. The molecule has 0 aliphatic carbocycles. The maximum atomic E-state index is 8.95. The highest BCUT2D eigenvalue weighted by Gasteiger charge is 2.02. The lowest BCUT2D eigenvalue weighted by molar-refractivity contribution is 0.196. The fraction of sp³-hybridized carbons (Fsp3) is 0.500. The summed E-state index contributed by atoms with van der Waals surface area (Å²) in [5.41, 5.74) is 0. The van der Waals surface area contributed by atoms with Gasteiger partial charge in [0.15, 0.2) is 4.47 Å². The average Bonchev–Trinajstić information content (AvgIpc) is 2.13. The Morgan fingerprint density at radius 1 is 1.90 bits per heavy atom. The molecule has 1 N–H and O–H groups in total. The van der Waals surface area contributed by atoms with Crippen LogP contribution in [0.25, 0.3) is 0 Å². The van der Waals surface area contributed by atoms with Crippen molar-refractivity contribution in [1.82, 2.24) is 4.98 Å². The lowest BCUT2D eigenvalue weighted by atomic mass is 10.3. The van der Waals surface area contributed by atoms with Crippen LogP contribution in [0.3, 0.4) is 0 Å². The number of nitrogens with zero attached hydrogens (tertiary/aromatic N) is 1. The summed E-state index contributed by atoms with van der Waals surface area (Å²) < 4.78 is 0.538. The molecule has 1 rings (SSSR count). The van der Waals surface area contributed by atoms with Gasteiger partial charge in [0.1, 0.15) is 0 Å². The van der Waals surface area contributed by atoms with Crippen molar-refractivity contribution in [3.05, 3.63) is 15.5 Å². The van der Waals surface area contributed by atoms with Gasteiger partial charge in [0, 0.05) is 17.5 Å². The number of aromatic nitrogens is 1. The maximum Gasteiger partial charge on any atom is 0.183 e. The molecule has 0 bridgehead atoms. The molecule has 0 saturated carbocycles. The molecule has 0 aliphatic heterocycles. The quantitative estimate of drug-likeness (QED) is 0.747. The Balaban J connectivity index is 2.58. The van der Waals surface area contributed by atoms with Crippen LogP contribution in [0.15, 0.2) is 6.20 Å². The minimum atomic E-state index is -0.309. The van der Waals surface area contributed by atoms with E-state index in [-0.39, 0.29) is 6.10 Å². The third-order valence-electron chi connectivity index (χ3n) is 1.02. The molecule has 56 valence electrons. The lowest BCUT2D eigenvalue weighted by Gasteiger charge is -1.97. The molecule has 1 atom stereocenters. The molecule has 0 unspecified atom stereocenters. The van der Waals surface area contributed by atoms with Gasteiger partial charge in [0.2, 0.25) is 0 Å². The molecule has 10 heavy (non-hydrogen) atoms. The Morgan fingerprint density at radius 3 is 3.00 bits per heavy atom. The molecule has 0 saturated heterocycles. The van der Waals surface area contributed by atoms with Gasteiger partial charge >= 0.3 is 0 Å². The van der Waals surface area contributed by atoms with Crippen molar-refractivity contribution in [2.45, 2.75) is 19.4 Å². The van der Waals surface area contributed by atoms with E-state index in [4.69, 9.17) is 16.7 Å². The summed E-state index contributed by atoms with van der Waals surface area (Å²) in [6.45, 7) is 1.74. The standard InChI is InChI=1S/C6H8ClNOS/c1-4(9)2-5-3-8-6(7)10-5/h3-4,9H,2H2,1H3/t4-/m1/s1. The molecule has 1 aromatic rings. The monoisotopic (exact) mass is 177 g/mol. The first-order valence-corrected chi connectivity index (χ1v) is 4.16. The first-order chi connectivity index (χ1) is 4.68. The van der Waals surface area contributed by atoms with E-state index in [1.54, 1.807) is 13.1 Å². The zero-order valence-corrected chi connectivity index (χ0v) is 7.11. The van der Waals surface area contributed by atoms with Crippen LogP contribution in [0.4, 0.5) is 0 Å². The van der Waals surface area contributed by atoms with E-state index in [1.807, 2.05) is 0 Å². The second-order valence-electron chi connectivity index (χ2n) is 2.13. The van der Waals surface area contributed by atoms with Crippen molar-refractivity contribution in [3.63, 3.8) is 0 Å². The number of halogens is 1. The van der Waals surface area contributed by atoms with Crippen LogP contribution in [0.2, 0.25) is 4.47 Å². The van der Waals surface area contributed by atoms with E-state index in [0.717, 1.165) is 4.88 Å². The third-order valence-corrected chi connectivity index (χ3v) is 2.16. The fourth-order valence-corrected chi connectivity index (χ4v) is 1.77. The number of aliphatic hydroxyl groups is 1. The number of hydrogen-bond donors (Lipinski definition) is 1. The van der Waals surface area contributed by atoms with Crippen LogP contribution in [-0.2, 0) is 6.42 Å². The summed E-state index contributed by atoms with van der Waals surface area (Å²) in [7, 11) is 0. The van der Waals surface area contributed by atoms with Gasteiger partial charge in [-0.2, -0.15) is 0 Å². The summed E-state index contributed by atoms with van der Waals surface area (Å²) in [6, 6.07) is 0. The van der Waals surface area contributed by atoms with Gasteiger partial charge in [0.05, 0.1) is 6.10 Å². The van der Waals surface area contributed by atoms with E-state index in [2.05, 4.69) is 4.98 Å². The minimum absolute atomic E-state index is 0.309. The van der Waals surface area contributed by atoms with Crippen molar-refractivity contribution >= 4 is 22.9 Å². The van der Waals surface area contributed by atoms with Crippen LogP contribution in [0, 0.1) is 0 Å². The van der Waals surface area contributed by atoms with Crippen LogP contribution >= 0.6 is 22.9 Å². The van der Waals surface area contributed by atoms with Crippen molar-refractivity contribution in [2.75, 3.05) is 0 Å². The fourth-order valence-electron chi connectivity index (χ4n) is 0.669. The first-order valence-electron chi connectivity index (χ1n) is 2.97. The van der Waals surface area contributed by atoms with Gasteiger partial charge in [-0.3, -0.25) is 0 Å². The molecule has 0 aliphatic rings. The zero-order chi connectivity index (χ0) is 7.56. The highest BCUT2D eigenvalue weighted by Crippen LogP contribution is 2.18. The SMILES string of the molecule is C[C@@H](O)Cc1cnc(Cl)s1. The molecule has 0 aromatic carbocycles. The van der Waals surface area contributed by atoms with Gasteiger partial charge in [-0.1, -0.05) is 11.6 Å². The lowest BCUT2D eigenvalue weighted by Crippen LogP contribution is -2.01. The Hall–Kier alpha value is -0.120. The second kappa shape index (κ2) is 3.32. The van der Waals surface area contributed by atoms with E-state index in [9.17, 15) is 0 Å². The van der Waals surface area contributed by atoms with E-state index >= 15 is 0 Å². The molecule has 4 heteroatoms. The highest BCUT2D eigenvalue weighted by molar-refractivity contribution is 7.15. The molecular weight excluding hydrogens is 170 g/mol. The number of thiazole rings is 1. The van der Waals surface area contributed by atoms with Crippen LogP contribution in [0.1, 0.15) is 11.8 Å². The van der Waals surface area contributed by atoms with Crippen LogP contribution in [-0.4, -0.2) is 16.2 Å². The molecule has 0 radical (unpaired) electrons. The van der Waals surface area contributed by atoms with Crippen molar-refractivity contribution in [3.8, 4) is 0 Å². The van der Waals surface area contributed by atoms with Crippen molar-refractivity contribution in [1.29, 1.82) is 0 Å². The summed E-state index contributed by atoms with van der Waals surface area (Å²) in [5, 5.41) is 8.95. The predicted molar refractivity (Wildman–Crippen MR) is 42.5 cm³/mol. The van der Waals surface area contributed by atoms with Crippen LogP contribution < -0.4 is 0 Å². The Bertz CT molecular complexity index is 211. The first kappa shape index (κ1) is 7.98. The molecule has 0 fully saturated rings. The summed E-state index contributed by atoms with van der Waals surface area (Å²) in [5.74, 6) is 0. The molecule has 0 amide bonds. The normalized spacial score (nSPS) is 13.5. The smallest absolute Gasteiger partial charge is 0.183 e. The van der Waals surface area contributed by atoms with Gasteiger partial charge in [-0.25, -0.2) is 4.98 Å². The number of aliphatic hydroxyl groups excluding tert-OH is 1. The molecule has 0 spiro atoms. The molecule has 1 aromatic heterocycles. The highest BCUT2D eigenvalue weighted by atomic mass is 35.5. The van der Waals surface area contributed by atoms with Crippen LogP contribution in [0.5, 0.6) is 0 Å². The molecular formula is C6H8ClNOS. The maximum absolute atomic E-state index is 8.95. The van der Waals surface area contributed by atoms with E-state index in [0.29, 0.717) is 10.9 Å². The summed E-state index contributed by atoms with van der Waals surface area (Å²) in [6.07, 6.45) is 2.03. The Labute approximate surface area is 68.5 Å². The molecule has 1 heterocycles. The number of hydrogen-bond acceptors (Lipinski definition) is 3. The number of rotatable bonds is 2. The van der Waals surface area contributed by atoms with E-state index in [1.165, 1.54) is 11.3 Å². The predicted octanol–water partition coefficient (Wildman–Crippen LogP) is 1.72.